The van der Waals surface area contributed by atoms with Crippen LogP contribution < -0.4 is 10.2 Å². The molecule has 0 rings (SSSR count). The summed E-state index contributed by atoms with van der Waals surface area (Å²) >= 11 is 0. The lowest BCUT2D eigenvalue weighted by Gasteiger charge is -2.30. The molecule has 0 aromatic rings. The van der Waals surface area contributed by atoms with Gasteiger partial charge in [-0.15, -0.1) is 0 Å². The summed E-state index contributed by atoms with van der Waals surface area (Å²) in [7, 11) is 1.15. The maximum absolute atomic E-state index is 13.5. The van der Waals surface area contributed by atoms with Gasteiger partial charge in [0.15, 0.2) is 0 Å². The summed E-state index contributed by atoms with van der Waals surface area (Å²) in [5, 5.41) is 3.01. The van der Waals surface area contributed by atoms with Gasteiger partial charge in [0, 0.05) is 12.8 Å². The summed E-state index contributed by atoms with van der Waals surface area (Å²) in [5.41, 5.74) is 0. The van der Waals surface area contributed by atoms with E-state index in [0.717, 1.165) is 122 Å². The Bertz CT molecular complexity index is 1690. The van der Waals surface area contributed by atoms with Crippen molar-refractivity contribution in [3.8, 4) is 0 Å². The lowest BCUT2D eigenvalue weighted by molar-refractivity contribution is -0.870. The van der Waals surface area contributed by atoms with Gasteiger partial charge < -0.3 is 28.5 Å². The average Bonchev–Trinajstić information content (AvgIpc) is 3.39. The first-order valence-corrected chi connectivity index (χ1v) is 32.7. The first-order valence-electron chi connectivity index (χ1n) is 31.2. The number of unbranched alkanes of at least 4 members (excludes halogenated alkanes) is 25. The maximum atomic E-state index is 13.5. The van der Waals surface area contributed by atoms with E-state index < -0.39 is 26.6 Å². The Morgan fingerprint density at radius 2 is 0.896 bits per heavy atom. The van der Waals surface area contributed by atoms with Gasteiger partial charge in [-0.2, -0.15) is 0 Å². The minimum Gasteiger partial charge on any atom is -0.756 e. The number of rotatable bonds is 55. The topological polar surface area (TPSA) is 114 Å². The molecule has 0 spiro atoms. The minimum absolute atomic E-state index is 0.0319. The van der Waals surface area contributed by atoms with E-state index in [1.165, 1.54) is 89.9 Å². The van der Waals surface area contributed by atoms with Crippen molar-refractivity contribution in [2.45, 2.75) is 264 Å². The molecule has 0 aliphatic carbocycles. The molecule has 0 aromatic heterocycles. The second kappa shape index (κ2) is 56.0. The molecule has 1 N–H and O–H groups in total. The van der Waals surface area contributed by atoms with Crippen LogP contribution in [0.3, 0.4) is 0 Å². The van der Waals surface area contributed by atoms with Crippen LogP contribution in [0.1, 0.15) is 252 Å². The van der Waals surface area contributed by atoms with Gasteiger partial charge in [-0.05, 0) is 96.0 Å². The van der Waals surface area contributed by atoms with Gasteiger partial charge in [-0.25, -0.2) is 0 Å². The van der Waals surface area contributed by atoms with Gasteiger partial charge in [0.2, 0.25) is 5.91 Å². The van der Waals surface area contributed by atoms with Gasteiger partial charge in [-0.1, -0.05) is 252 Å². The van der Waals surface area contributed by atoms with Gasteiger partial charge in [0.1, 0.15) is 19.3 Å². The summed E-state index contributed by atoms with van der Waals surface area (Å²) in [6.07, 6.45) is 76.4. The third-order valence-corrected chi connectivity index (χ3v) is 14.2. The van der Waals surface area contributed by atoms with Crippen LogP contribution in [0.25, 0.3) is 0 Å². The summed E-state index contributed by atoms with van der Waals surface area (Å²) in [5.74, 6) is -0.574. The second-order valence-electron chi connectivity index (χ2n) is 21.9. The molecule has 0 bridgehead atoms. The number of hydrogen-bond acceptors (Lipinski definition) is 7. The number of ether oxygens (including phenoxy) is 1. The average molecular weight is 1090 g/mol. The zero-order valence-electron chi connectivity index (χ0n) is 50.4. The number of esters is 1. The van der Waals surface area contributed by atoms with Crippen LogP contribution in [0, 0.1) is 0 Å². The molecule has 77 heavy (non-hydrogen) atoms. The Balaban J connectivity index is 5.07. The molecule has 0 aromatic carbocycles. The Morgan fingerprint density at radius 1 is 0.481 bits per heavy atom. The predicted octanol–water partition coefficient (Wildman–Crippen LogP) is 18.7. The molecule has 0 saturated carbocycles. The second-order valence-corrected chi connectivity index (χ2v) is 23.3. The van der Waals surface area contributed by atoms with E-state index in [-0.39, 0.29) is 31.3 Å². The number of nitrogens with zero attached hydrogens (tertiary/aromatic N) is 1. The van der Waals surface area contributed by atoms with Crippen LogP contribution in [0.2, 0.25) is 0 Å². The fourth-order valence-electron chi connectivity index (χ4n) is 8.49. The summed E-state index contributed by atoms with van der Waals surface area (Å²) in [4.78, 5) is 39.9. The number of carbonyl (C=O) groups excluding carboxylic acids is 2. The zero-order chi connectivity index (χ0) is 56.4. The number of amides is 1. The van der Waals surface area contributed by atoms with E-state index in [0.29, 0.717) is 17.4 Å². The lowest BCUT2D eigenvalue weighted by Crippen LogP contribution is -2.47. The Morgan fingerprint density at radius 3 is 1.39 bits per heavy atom. The fraction of sp³-hybridized carbons (Fsp3) is 0.701. The summed E-state index contributed by atoms with van der Waals surface area (Å²) in [6.45, 7) is 6.56. The predicted molar refractivity (Wildman–Crippen MR) is 330 cm³/mol. The monoisotopic (exact) mass is 1090 g/mol. The lowest BCUT2D eigenvalue weighted by atomic mass is 10.0. The molecule has 442 valence electrons. The molecular weight excluding hydrogens is 976 g/mol. The summed E-state index contributed by atoms with van der Waals surface area (Å²) < 4.78 is 30.3. The van der Waals surface area contributed by atoms with E-state index >= 15 is 0 Å². The number of allylic oxidation sites excluding steroid dienone is 17. The van der Waals surface area contributed by atoms with Crippen LogP contribution >= 0.6 is 7.82 Å². The standard InChI is InChI=1S/C67H117N2O7P/c1-7-10-13-16-19-22-25-27-28-29-30-31-32-33-34-35-36-37-38-39-40-42-45-48-51-54-57-60-67(71)76-65(58-55-52-49-46-43-24-21-18-15-12-9-3)64(63-75-77(72,73)74-62-61-69(4,5)6)68-66(70)59-56-53-50-47-44-41-26-23-20-17-14-11-8-2/h10-11,13-14,17,19-20,22-23,26-28,30-31,33-34,55,58,64-65H,7-9,12,15-16,18,21,24-25,29,32,35-54,56-57,59-63H2,1-6H3,(H-,68,70,72,73)/b13-10-,14-11+,20-17+,22-19-,26-23-,28-27-,31-30-,34-33-,58-55-. The van der Waals surface area contributed by atoms with Crippen molar-refractivity contribution in [1.29, 1.82) is 0 Å². The van der Waals surface area contributed by atoms with E-state index in [1.54, 1.807) is 0 Å². The van der Waals surface area contributed by atoms with Gasteiger partial charge in [0.25, 0.3) is 7.82 Å². The molecule has 3 unspecified atom stereocenters. The summed E-state index contributed by atoms with van der Waals surface area (Å²) in [6, 6.07) is -0.905. The van der Waals surface area contributed by atoms with E-state index in [1.807, 2.05) is 39.4 Å². The number of quaternary nitrogens is 1. The van der Waals surface area contributed by atoms with E-state index in [9.17, 15) is 19.0 Å². The third-order valence-electron chi connectivity index (χ3n) is 13.3. The molecule has 1 amide bonds. The van der Waals surface area contributed by atoms with Crippen LogP contribution in [0.4, 0.5) is 0 Å². The molecule has 0 heterocycles. The van der Waals surface area contributed by atoms with Crippen molar-refractivity contribution in [3.05, 3.63) is 109 Å². The first-order chi connectivity index (χ1) is 37.4. The number of phosphoric acid groups is 1. The highest BCUT2D eigenvalue weighted by atomic mass is 31.2. The first kappa shape index (κ1) is 73.7. The minimum atomic E-state index is -4.71. The number of likely N-dealkylation sites (N-methyl/N-ethyl adjacent to an activating group) is 1. The molecule has 3 atom stereocenters. The number of nitrogens with one attached hydrogen (secondary N) is 1. The Kier molecular flexibility index (Phi) is 53.5. The number of carbonyl (C=O) groups is 2. The van der Waals surface area contributed by atoms with Gasteiger partial charge in [-0.3, -0.25) is 14.2 Å². The smallest absolute Gasteiger partial charge is 0.306 e. The molecule has 0 radical (unpaired) electrons. The van der Waals surface area contributed by atoms with E-state index in [4.69, 9.17) is 13.8 Å². The quantitative estimate of drug-likeness (QED) is 0.0161. The SMILES string of the molecule is CC/C=C\C/C=C\C/C=C\C/C=C\C/C=C\CCCCCCCCCCCCCC(=O)OC(/C=C\CCCCCCCCCCC)C(COP(=O)([O-])OCC[N+](C)(C)C)NC(=O)CCCCCCC\C=C/C=C/C=C/CC. The largest absolute Gasteiger partial charge is 0.756 e. The molecule has 0 saturated heterocycles. The van der Waals surface area contributed by atoms with Crippen molar-refractivity contribution >= 4 is 19.7 Å². The Labute approximate surface area is 474 Å². The van der Waals surface area contributed by atoms with Crippen molar-refractivity contribution in [1.82, 2.24) is 5.32 Å². The normalized spacial score (nSPS) is 14.4. The van der Waals surface area contributed by atoms with Crippen molar-refractivity contribution < 1.29 is 37.3 Å². The van der Waals surface area contributed by atoms with Crippen molar-refractivity contribution in [3.63, 3.8) is 0 Å². The van der Waals surface area contributed by atoms with E-state index in [2.05, 4.69) is 117 Å². The highest BCUT2D eigenvalue weighted by molar-refractivity contribution is 7.45. The van der Waals surface area contributed by atoms with Crippen molar-refractivity contribution in [2.75, 3.05) is 40.9 Å². The third kappa shape index (κ3) is 57.2. The number of phosphoric ester groups is 1. The van der Waals surface area contributed by atoms with Gasteiger partial charge >= 0.3 is 5.97 Å². The molecule has 0 aliphatic rings. The van der Waals surface area contributed by atoms with Crippen LogP contribution in [0.15, 0.2) is 109 Å². The molecule has 9 nitrogen and oxygen atoms in total. The van der Waals surface area contributed by atoms with Crippen molar-refractivity contribution in [2.24, 2.45) is 0 Å². The van der Waals surface area contributed by atoms with Crippen LogP contribution in [-0.2, 0) is 27.9 Å². The maximum Gasteiger partial charge on any atom is 0.306 e. The Hall–Kier alpha value is -3.33. The number of hydrogen-bond donors (Lipinski definition) is 1. The van der Waals surface area contributed by atoms with Crippen LogP contribution in [-0.4, -0.2) is 69.4 Å². The molecule has 0 aliphatic heterocycles. The highest BCUT2D eigenvalue weighted by Gasteiger charge is 2.27. The zero-order valence-corrected chi connectivity index (χ0v) is 51.3. The molecule has 10 heteroatoms. The highest BCUT2D eigenvalue weighted by Crippen LogP contribution is 2.38. The molecule has 0 fully saturated rings. The fourth-order valence-corrected chi connectivity index (χ4v) is 9.21. The van der Waals surface area contributed by atoms with Gasteiger partial charge in [0.05, 0.1) is 33.8 Å². The van der Waals surface area contributed by atoms with Crippen LogP contribution in [0.5, 0.6) is 0 Å². The molecular formula is C67H117N2O7P.